The van der Waals surface area contributed by atoms with Crippen molar-refractivity contribution in [2.45, 2.75) is 64.6 Å². The maximum absolute atomic E-state index is 9.23. The molecule has 0 saturated heterocycles. The van der Waals surface area contributed by atoms with Crippen molar-refractivity contribution in [2.75, 3.05) is 6.61 Å². The quantitative estimate of drug-likeness (QED) is 0.558. The SMILES string of the molecule is CC(C)(C)[Si](C)(C)OCCCCCc1ccc(O)cc1. The van der Waals surface area contributed by atoms with Crippen molar-refractivity contribution < 1.29 is 9.53 Å². The first-order valence-corrected chi connectivity index (χ1v) is 10.5. The minimum atomic E-state index is -1.56. The fourth-order valence-corrected chi connectivity index (χ4v) is 2.90. The molecule has 1 aromatic rings. The first kappa shape index (κ1) is 17.2. The molecule has 0 amide bonds. The lowest BCUT2D eigenvalue weighted by atomic mass is 10.1. The topological polar surface area (TPSA) is 29.5 Å². The van der Waals surface area contributed by atoms with Crippen LogP contribution < -0.4 is 0 Å². The maximum Gasteiger partial charge on any atom is 0.191 e. The van der Waals surface area contributed by atoms with E-state index >= 15 is 0 Å². The number of benzene rings is 1. The molecule has 3 heteroatoms. The smallest absolute Gasteiger partial charge is 0.191 e. The zero-order chi connectivity index (χ0) is 15.2. The van der Waals surface area contributed by atoms with E-state index < -0.39 is 8.32 Å². The molecule has 2 nitrogen and oxygen atoms in total. The highest BCUT2D eigenvalue weighted by molar-refractivity contribution is 6.74. The summed E-state index contributed by atoms with van der Waals surface area (Å²) in [6, 6.07) is 7.52. The van der Waals surface area contributed by atoms with E-state index in [1.54, 1.807) is 12.1 Å². The van der Waals surface area contributed by atoms with Crippen molar-refractivity contribution in [1.29, 1.82) is 0 Å². The van der Waals surface area contributed by atoms with Gasteiger partial charge in [-0.15, -0.1) is 0 Å². The molecular weight excluding hydrogens is 264 g/mol. The lowest BCUT2D eigenvalue weighted by Crippen LogP contribution is -2.40. The fourth-order valence-electron chi connectivity index (χ4n) is 1.81. The molecule has 0 aromatic heterocycles. The predicted molar refractivity (Wildman–Crippen MR) is 88.8 cm³/mol. The Morgan fingerprint density at radius 2 is 1.60 bits per heavy atom. The molecular formula is C17H30O2Si. The first-order valence-electron chi connectivity index (χ1n) is 7.64. The molecule has 0 unspecified atom stereocenters. The summed E-state index contributed by atoms with van der Waals surface area (Å²) in [6.45, 7) is 12.4. The van der Waals surface area contributed by atoms with Crippen LogP contribution in [0.25, 0.3) is 0 Å². The fraction of sp³-hybridized carbons (Fsp3) is 0.647. The Balaban J connectivity index is 2.15. The van der Waals surface area contributed by atoms with E-state index in [2.05, 4.69) is 33.9 Å². The minimum Gasteiger partial charge on any atom is -0.508 e. The molecule has 0 aliphatic rings. The molecule has 20 heavy (non-hydrogen) atoms. The Morgan fingerprint density at radius 3 is 2.15 bits per heavy atom. The van der Waals surface area contributed by atoms with Crippen LogP contribution in [-0.2, 0) is 10.8 Å². The number of rotatable bonds is 7. The van der Waals surface area contributed by atoms with Gasteiger partial charge < -0.3 is 9.53 Å². The highest BCUT2D eigenvalue weighted by Gasteiger charge is 2.36. The number of aromatic hydroxyl groups is 1. The van der Waals surface area contributed by atoms with Crippen molar-refractivity contribution in [3.63, 3.8) is 0 Å². The van der Waals surface area contributed by atoms with Gasteiger partial charge in [0.1, 0.15) is 5.75 Å². The van der Waals surface area contributed by atoms with Crippen molar-refractivity contribution >= 4 is 8.32 Å². The zero-order valence-corrected chi connectivity index (χ0v) is 14.7. The van der Waals surface area contributed by atoms with E-state index in [9.17, 15) is 5.11 Å². The van der Waals surface area contributed by atoms with Gasteiger partial charge in [0.15, 0.2) is 8.32 Å². The summed E-state index contributed by atoms with van der Waals surface area (Å²) < 4.78 is 6.17. The third-order valence-electron chi connectivity index (χ3n) is 4.32. The monoisotopic (exact) mass is 294 g/mol. The van der Waals surface area contributed by atoms with Gasteiger partial charge in [0.05, 0.1) is 0 Å². The second-order valence-corrected chi connectivity index (χ2v) is 11.9. The Kier molecular flexibility index (Phi) is 6.27. The normalized spacial score (nSPS) is 12.7. The lowest BCUT2D eigenvalue weighted by molar-refractivity contribution is 0.278. The van der Waals surface area contributed by atoms with Crippen LogP contribution in [0, 0.1) is 0 Å². The number of aryl methyl sites for hydroxylation is 1. The molecule has 1 rings (SSSR count). The predicted octanol–water partition coefficient (Wildman–Crippen LogP) is 5.13. The van der Waals surface area contributed by atoms with Crippen LogP contribution in [0.5, 0.6) is 5.75 Å². The van der Waals surface area contributed by atoms with Crippen molar-refractivity contribution in [1.82, 2.24) is 0 Å². The van der Waals surface area contributed by atoms with Gasteiger partial charge in [-0.25, -0.2) is 0 Å². The molecule has 0 atom stereocenters. The van der Waals surface area contributed by atoms with Gasteiger partial charge in [-0.05, 0) is 55.1 Å². The van der Waals surface area contributed by atoms with Crippen LogP contribution in [0.1, 0.15) is 45.6 Å². The molecule has 0 aliphatic heterocycles. The number of phenolic OH excluding ortho intramolecular Hbond substituents is 1. The molecule has 0 aliphatic carbocycles. The van der Waals surface area contributed by atoms with E-state index in [1.165, 1.54) is 18.4 Å². The molecule has 0 fully saturated rings. The zero-order valence-electron chi connectivity index (χ0n) is 13.7. The molecule has 0 radical (unpaired) electrons. The first-order chi connectivity index (χ1) is 9.22. The number of hydrogen-bond acceptors (Lipinski definition) is 2. The summed E-state index contributed by atoms with van der Waals surface area (Å²) in [5.41, 5.74) is 1.30. The van der Waals surface area contributed by atoms with Crippen molar-refractivity contribution in [3.05, 3.63) is 29.8 Å². The Morgan fingerprint density at radius 1 is 1.00 bits per heavy atom. The summed E-state index contributed by atoms with van der Waals surface area (Å²) in [7, 11) is -1.56. The molecule has 0 heterocycles. The lowest BCUT2D eigenvalue weighted by Gasteiger charge is -2.36. The van der Waals surface area contributed by atoms with Crippen LogP contribution in [0.3, 0.4) is 0 Å². The van der Waals surface area contributed by atoms with Gasteiger partial charge in [-0.1, -0.05) is 39.3 Å². The highest BCUT2D eigenvalue weighted by Crippen LogP contribution is 2.36. The van der Waals surface area contributed by atoms with Crippen LogP contribution in [-0.4, -0.2) is 20.0 Å². The number of hydrogen-bond donors (Lipinski definition) is 1. The summed E-state index contributed by atoms with van der Waals surface area (Å²) in [4.78, 5) is 0. The minimum absolute atomic E-state index is 0.305. The third-order valence-corrected chi connectivity index (χ3v) is 8.85. The third kappa shape index (κ3) is 5.67. The van der Waals surface area contributed by atoms with Gasteiger partial charge in [0.2, 0.25) is 0 Å². The Labute approximate surface area is 125 Å². The van der Waals surface area contributed by atoms with Gasteiger partial charge in [0.25, 0.3) is 0 Å². The van der Waals surface area contributed by atoms with Crippen LogP contribution in [0.15, 0.2) is 24.3 Å². The van der Waals surface area contributed by atoms with Crippen LogP contribution >= 0.6 is 0 Å². The largest absolute Gasteiger partial charge is 0.508 e. The Bertz CT molecular complexity index is 390. The average Bonchev–Trinajstić information content (AvgIpc) is 2.34. The van der Waals surface area contributed by atoms with E-state index in [4.69, 9.17) is 4.43 Å². The van der Waals surface area contributed by atoms with Gasteiger partial charge in [-0.3, -0.25) is 0 Å². The summed E-state index contributed by atoms with van der Waals surface area (Å²) >= 11 is 0. The molecule has 1 aromatic carbocycles. The number of unbranched alkanes of at least 4 members (excludes halogenated alkanes) is 2. The summed E-state index contributed by atoms with van der Waals surface area (Å²) in [6.07, 6.45) is 4.62. The highest BCUT2D eigenvalue weighted by atomic mass is 28.4. The molecule has 114 valence electrons. The van der Waals surface area contributed by atoms with Gasteiger partial charge in [-0.2, -0.15) is 0 Å². The van der Waals surface area contributed by atoms with Crippen LogP contribution in [0.2, 0.25) is 18.1 Å². The molecule has 1 N–H and O–H groups in total. The van der Waals surface area contributed by atoms with Crippen molar-refractivity contribution in [2.24, 2.45) is 0 Å². The van der Waals surface area contributed by atoms with E-state index in [0.29, 0.717) is 10.8 Å². The average molecular weight is 295 g/mol. The second kappa shape index (κ2) is 7.28. The van der Waals surface area contributed by atoms with E-state index in [-0.39, 0.29) is 0 Å². The molecule has 0 saturated carbocycles. The van der Waals surface area contributed by atoms with Gasteiger partial charge in [0, 0.05) is 6.61 Å². The molecule has 0 spiro atoms. The molecule has 0 bridgehead atoms. The maximum atomic E-state index is 9.23. The van der Waals surface area contributed by atoms with Crippen molar-refractivity contribution in [3.8, 4) is 5.75 Å². The summed E-state index contributed by atoms with van der Waals surface area (Å²) in [5, 5.41) is 9.53. The summed E-state index contributed by atoms with van der Waals surface area (Å²) in [5.74, 6) is 0.344. The van der Waals surface area contributed by atoms with E-state index in [1.807, 2.05) is 12.1 Å². The van der Waals surface area contributed by atoms with E-state index in [0.717, 1.165) is 19.4 Å². The Hall–Kier alpha value is -0.803. The van der Waals surface area contributed by atoms with Gasteiger partial charge >= 0.3 is 0 Å². The standard InChI is InChI=1S/C17H30O2Si/c1-17(2,3)20(4,5)19-14-8-6-7-9-15-10-12-16(18)13-11-15/h10-13,18H,6-9,14H2,1-5H3. The number of phenols is 1. The second-order valence-electron chi connectivity index (χ2n) is 7.09. The van der Waals surface area contributed by atoms with Crippen LogP contribution in [0.4, 0.5) is 0 Å².